The molecule has 0 spiro atoms. The molecule has 5 rings (SSSR count). The van der Waals surface area contributed by atoms with Gasteiger partial charge in [-0.3, -0.25) is 6.08 Å². The molecule has 230 valence electrons. The maximum Gasteiger partial charge on any atom is -1.00 e. The molecule has 1 atom stereocenters. The first-order chi connectivity index (χ1) is 19.0. The summed E-state index contributed by atoms with van der Waals surface area (Å²) in [4.78, 5) is 0. The minimum absolute atomic E-state index is 0. The van der Waals surface area contributed by atoms with Crippen molar-refractivity contribution in [2.24, 2.45) is 11.3 Å². The van der Waals surface area contributed by atoms with Crippen molar-refractivity contribution in [1.29, 1.82) is 0 Å². The van der Waals surface area contributed by atoms with Gasteiger partial charge in [0.05, 0.1) is 0 Å². The summed E-state index contributed by atoms with van der Waals surface area (Å²) >= 11 is 1.51. The number of fused-ring (bicyclic) bond motifs is 3. The first-order valence-corrected chi connectivity index (χ1v) is 16.3. The van der Waals surface area contributed by atoms with Gasteiger partial charge in [-0.2, -0.15) is 11.6 Å². The smallest absolute Gasteiger partial charge is 1.00 e. The Morgan fingerprint density at radius 1 is 0.721 bits per heavy atom. The van der Waals surface area contributed by atoms with Crippen molar-refractivity contribution in [3.63, 3.8) is 0 Å². The Balaban J connectivity index is 0.000000356. The van der Waals surface area contributed by atoms with Crippen molar-refractivity contribution in [2.45, 2.75) is 93.4 Å². The van der Waals surface area contributed by atoms with Gasteiger partial charge in [0.15, 0.2) is 0 Å². The molecule has 0 heterocycles. The zero-order chi connectivity index (χ0) is 30.6. The van der Waals surface area contributed by atoms with Crippen molar-refractivity contribution in [3.05, 3.63) is 113 Å². The Morgan fingerprint density at radius 3 is 1.49 bits per heavy atom. The number of hydrogen-bond donors (Lipinski definition) is 0. The Hall–Kier alpha value is -1.66. The van der Waals surface area contributed by atoms with Crippen molar-refractivity contribution in [3.8, 4) is 0 Å². The Morgan fingerprint density at radius 2 is 1.19 bits per heavy atom. The fourth-order valence-corrected chi connectivity index (χ4v) is 5.27. The Bertz CT molecular complexity index is 1460. The average molecular weight is 693 g/mol. The number of halogens is 2. The quantitative estimate of drug-likeness (QED) is 0.246. The van der Waals surface area contributed by atoms with Crippen molar-refractivity contribution in [1.82, 2.24) is 0 Å². The summed E-state index contributed by atoms with van der Waals surface area (Å²) in [6.45, 7) is 24.7. The zero-order valence-corrected chi connectivity index (χ0v) is 32.1. The number of benzene rings is 3. The van der Waals surface area contributed by atoms with Crippen molar-refractivity contribution in [2.75, 3.05) is 0 Å². The third-order valence-electron chi connectivity index (χ3n) is 7.78. The molecule has 1 aliphatic rings. The molecule has 3 heteroatoms. The molecule has 43 heavy (non-hydrogen) atoms. The Labute approximate surface area is 290 Å². The third-order valence-corrected chi connectivity index (χ3v) is 8.49. The monoisotopic (exact) mass is 690 g/mol. The minimum atomic E-state index is 0. The molecule has 0 saturated heterocycles. The van der Waals surface area contributed by atoms with Crippen LogP contribution in [0.15, 0.2) is 90.5 Å². The van der Waals surface area contributed by atoms with Gasteiger partial charge < -0.3 is 24.8 Å². The topological polar surface area (TPSA) is 0 Å². The second kappa shape index (κ2) is 16.1. The minimum Gasteiger partial charge on any atom is -1.00 e. The molecule has 0 radical (unpaired) electrons. The van der Waals surface area contributed by atoms with Crippen LogP contribution in [0.1, 0.15) is 99.3 Å². The van der Waals surface area contributed by atoms with Gasteiger partial charge in [0.25, 0.3) is 0 Å². The predicted octanol–water partition coefficient (Wildman–Crippen LogP) is 5.45. The molecular formula is C40H50Cl2Zr-2. The van der Waals surface area contributed by atoms with Gasteiger partial charge in [-0.1, -0.05) is 122 Å². The van der Waals surface area contributed by atoms with E-state index < -0.39 is 0 Å². The molecule has 0 aromatic heterocycles. The number of allylic oxidation sites excluding steroid dienone is 4. The summed E-state index contributed by atoms with van der Waals surface area (Å²) in [6, 6.07) is 26.7. The Kier molecular flexibility index (Phi) is 14.7. The van der Waals surface area contributed by atoms with Crippen molar-refractivity contribution >= 4 is 24.8 Å². The molecular weight excluding hydrogens is 643 g/mol. The maximum atomic E-state index is 3.35. The van der Waals surface area contributed by atoms with Crippen molar-refractivity contribution < 1.29 is 49.0 Å². The number of rotatable bonds is 2. The van der Waals surface area contributed by atoms with Gasteiger partial charge in [-0.25, -0.2) is 6.08 Å². The van der Waals surface area contributed by atoms with Crippen LogP contribution in [0.3, 0.4) is 0 Å². The van der Waals surface area contributed by atoms with Gasteiger partial charge in [0, 0.05) is 0 Å². The molecule has 0 nitrogen and oxygen atoms in total. The third kappa shape index (κ3) is 11.0. The van der Waals surface area contributed by atoms with Crippen LogP contribution in [0, 0.1) is 17.4 Å². The molecule has 1 aliphatic carbocycles. The van der Waals surface area contributed by atoms with Crippen LogP contribution in [0.4, 0.5) is 0 Å². The molecule has 0 bridgehead atoms. The average Bonchev–Trinajstić information content (AvgIpc) is 3.53. The van der Waals surface area contributed by atoms with Crippen LogP contribution in [0.2, 0.25) is 0 Å². The maximum absolute atomic E-state index is 3.35. The van der Waals surface area contributed by atoms with Gasteiger partial charge in [0.1, 0.15) is 0 Å². The SMILES string of the molecule is CC(C)(C)c1ccc2c(c1)[cH-]c1cc(C(C)(C)C)ccc12.CCC1[C-]=CC(C(C)(C)C)=C1.C[C](=[Zr+2])c1ccccc1.[Cl-].[Cl-]. The van der Waals surface area contributed by atoms with Crippen LogP contribution in [0.25, 0.3) is 21.5 Å². The second-order valence-corrected chi connectivity index (χ2v) is 16.3. The molecule has 0 fully saturated rings. The molecule has 0 N–H and O–H groups in total. The normalized spacial score (nSPS) is 14.5. The van der Waals surface area contributed by atoms with Gasteiger partial charge in [0.2, 0.25) is 0 Å². The van der Waals surface area contributed by atoms with Gasteiger partial charge in [-0.15, -0.1) is 39.7 Å². The molecule has 0 aliphatic heterocycles. The summed E-state index contributed by atoms with van der Waals surface area (Å²) in [5.41, 5.74) is 6.32. The zero-order valence-electron chi connectivity index (χ0n) is 28.1. The standard InChI is InChI=1S/C21H25.C11H17.C8H8.2ClH.Zr/c1-20(2,3)16-7-9-18-14(12-16)11-15-13-17(21(4,5)6)8-10-19(15)18;1-5-9-6-7-10(8-9)11(2,3)4;1-2-8-6-4-3-5-7-8;;;/h7-13H,1-6H3;7-9H,5H2,1-4H3;3-7H,1H3;2*1H;/q2*-1;;;;+2/p-2. The summed E-state index contributed by atoms with van der Waals surface area (Å²) in [7, 11) is 0. The van der Waals surface area contributed by atoms with E-state index in [9.17, 15) is 0 Å². The molecule has 1 unspecified atom stereocenters. The van der Waals surface area contributed by atoms with Crippen LogP contribution in [-0.2, 0) is 35.1 Å². The molecule has 4 aromatic carbocycles. The van der Waals surface area contributed by atoms with Crippen LogP contribution < -0.4 is 24.8 Å². The van der Waals surface area contributed by atoms with Crippen LogP contribution in [0.5, 0.6) is 0 Å². The van der Waals surface area contributed by atoms with E-state index in [4.69, 9.17) is 0 Å². The van der Waals surface area contributed by atoms with E-state index in [1.807, 2.05) is 6.07 Å². The van der Waals surface area contributed by atoms with E-state index in [1.54, 1.807) is 0 Å². The molecule has 0 amide bonds. The fraction of sp³-hybridized carbons (Fsp3) is 0.400. The summed E-state index contributed by atoms with van der Waals surface area (Å²) in [5.74, 6) is 0.573. The molecule has 4 aromatic rings. The van der Waals surface area contributed by atoms with Crippen LogP contribution in [-0.4, -0.2) is 3.21 Å². The first kappa shape index (κ1) is 39.4. The second-order valence-electron chi connectivity index (χ2n) is 14.4. The largest absolute Gasteiger partial charge is 1.00 e. The van der Waals surface area contributed by atoms with E-state index in [-0.39, 0.29) is 35.6 Å². The van der Waals surface area contributed by atoms with E-state index in [0.717, 1.165) is 0 Å². The van der Waals surface area contributed by atoms with E-state index in [0.29, 0.717) is 11.3 Å². The van der Waals surface area contributed by atoms with Gasteiger partial charge in [-0.05, 0) is 10.8 Å². The van der Waals surface area contributed by atoms with E-state index in [2.05, 4.69) is 161 Å². The predicted molar refractivity (Wildman–Crippen MR) is 180 cm³/mol. The fourth-order valence-electron chi connectivity index (χ4n) is 4.86. The van der Waals surface area contributed by atoms with Gasteiger partial charge >= 0.3 is 70.3 Å². The summed E-state index contributed by atoms with van der Waals surface area (Å²) in [6.07, 6.45) is 9.00. The summed E-state index contributed by atoms with van der Waals surface area (Å²) < 4.78 is 1.46. The molecule has 0 saturated carbocycles. The number of hydrogen-bond acceptors (Lipinski definition) is 0. The van der Waals surface area contributed by atoms with E-state index >= 15 is 0 Å². The van der Waals surface area contributed by atoms with Crippen LogP contribution >= 0.6 is 0 Å². The summed E-state index contributed by atoms with van der Waals surface area (Å²) in [5, 5.41) is 5.48. The first-order valence-electron chi connectivity index (χ1n) is 15.1. The van der Waals surface area contributed by atoms with E-state index in [1.165, 1.54) is 77.7 Å².